The zero-order valence-electron chi connectivity index (χ0n) is 18.3. The number of nitrogens with zero attached hydrogens (tertiary/aromatic N) is 4. The normalized spacial score (nSPS) is 21.5. The Morgan fingerprint density at radius 1 is 1.09 bits per heavy atom. The van der Waals surface area contributed by atoms with Crippen LogP contribution < -0.4 is 11.1 Å². The van der Waals surface area contributed by atoms with Gasteiger partial charge in [-0.3, -0.25) is 19.1 Å². The van der Waals surface area contributed by atoms with Gasteiger partial charge in [0.2, 0.25) is 11.8 Å². The minimum absolute atomic E-state index is 0.0428. The summed E-state index contributed by atoms with van der Waals surface area (Å²) in [4.78, 5) is 43.3. The molecule has 1 aliphatic heterocycles. The summed E-state index contributed by atoms with van der Waals surface area (Å²) < 4.78 is 40.4. The summed E-state index contributed by atoms with van der Waals surface area (Å²) in [5.74, 6) is -2.02. The number of likely N-dealkylation sites (tertiary alicyclic amines) is 1. The SMILES string of the molecule is NC(=O)c1nn(CC(=O)N2[C@@H]3CC[C@@H](C3)[C@H]2C(=O)Nc2cccc(C(F)(F)F)n2)c2ccccc12. The van der Waals surface area contributed by atoms with Gasteiger partial charge in [-0.15, -0.1) is 0 Å². The van der Waals surface area contributed by atoms with Gasteiger partial charge in [-0.25, -0.2) is 4.98 Å². The first-order chi connectivity index (χ1) is 16.6. The molecule has 3 heterocycles. The summed E-state index contributed by atoms with van der Waals surface area (Å²) >= 11 is 0. The van der Waals surface area contributed by atoms with Gasteiger partial charge >= 0.3 is 6.18 Å². The largest absolute Gasteiger partial charge is 0.433 e. The lowest BCUT2D eigenvalue weighted by atomic mass is 9.97. The fraction of sp³-hybridized carbons (Fsp3) is 0.348. The van der Waals surface area contributed by atoms with Crippen LogP contribution in [0, 0.1) is 5.92 Å². The highest BCUT2D eigenvalue weighted by atomic mass is 19.4. The summed E-state index contributed by atoms with van der Waals surface area (Å²) in [7, 11) is 0. The van der Waals surface area contributed by atoms with Crippen molar-refractivity contribution >= 4 is 34.4 Å². The number of hydrogen-bond acceptors (Lipinski definition) is 5. The van der Waals surface area contributed by atoms with Crippen LogP contribution in [-0.2, 0) is 22.3 Å². The zero-order valence-corrected chi connectivity index (χ0v) is 18.3. The molecule has 3 atom stereocenters. The second-order valence-electron chi connectivity index (χ2n) is 8.76. The summed E-state index contributed by atoms with van der Waals surface area (Å²) in [6, 6.07) is 9.11. The Hall–Kier alpha value is -3.96. The molecule has 0 unspecified atom stereocenters. The molecule has 2 fully saturated rings. The molecule has 1 aromatic carbocycles. The van der Waals surface area contributed by atoms with Crippen molar-refractivity contribution in [3.8, 4) is 0 Å². The van der Waals surface area contributed by atoms with Crippen molar-refractivity contribution in [2.45, 2.75) is 44.1 Å². The Kier molecular flexibility index (Phi) is 5.45. The number of fused-ring (bicyclic) bond motifs is 3. The van der Waals surface area contributed by atoms with E-state index in [1.54, 1.807) is 24.3 Å². The number of benzene rings is 1. The smallest absolute Gasteiger partial charge is 0.364 e. The highest BCUT2D eigenvalue weighted by molar-refractivity contribution is 6.04. The Morgan fingerprint density at radius 3 is 2.60 bits per heavy atom. The van der Waals surface area contributed by atoms with Crippen molar-refractivity contribution in [3.05, 3.63) is 53.9 Å². The first-order valence-electron chi connectivity index (χ1n) is 11.0. The molecular weight excluding hydrogens is 465 g/mol. The monoisotopic (exact) mass is 486 g/mol. The Bertz CT molecular complexity index is 1340. The minimum Gasteiger partial charge on any atom is -0.364 e. The van der Waals surface area contributed by atoms with Crippen LogP contribution >= 0.6 is 0 Å². The number of hydrogen-bond donors (Lipinski definition) is 2. The lowest BCUT2D eigenvalue weighted by Crippen LogP contribution is -2.52. The topological polar surface area (TPSA) is 123 Å². The number of nitrogens with two attached hydrogens (primary N) is 1. The van der Waals surface area contributed by atoms with Gasteiger partial charge in [0.15, 0.2) is 5.69 Å². The van der Waals surface area contributed by atoms with Crippen molar-refractivity contribution < 1.29 is 27.6 Å². The van der Waals surface area contributed by atoms with Crippen LogP contribution in [0.2, 0.25) is 0 Å². The van der Waals surface area contributed by atoms with E-state index in [0.717, 1.165) is 25.0 Å². The third kappa shape index (κ3) is 4.08. The number of piperidine rings is 1. The number of halogens is 3. The van der Waals surface area contributed by atoms with Gasteiger partial charge in [0.25, 0.3) is 5.91 Å². The van der Waals surface area contributed by atoms with E-state index in [9.17, 15) is 27.6 Å². The molecule has 0 spiro atoms. The van der Waals surface area contributed by atoms with E-state index < -0.39 is 29.7 Å². The second kappa shape index (κ2) is 8.36. The lowest BCUT2D eigenvalue weighted by Gasteiger charge is -2.34. The molecule has 3 aromatic rings. The number of alkyl halides is 3. The molecule has 1 aliphatic carbocycles. The molecule has 12 heteroatoms. The van der Waals surface area contributed by atoms with Crippen molar-refractivity contribution in [1.82, 2.24) is 19.7 Å². The number of nitrogens with one attached hydrogen (secondary N) is 1. The number of carbonyl (C=O) groups is 3. The average Bonchev–Trinajstić information content (AvgIpc) is 3.52. The third-order valence-electron chi connectivity index (χ3n) is 6.61. The first-order valence-corrected chi connectivity index (χ1v) is 11.0. The second-order valence-corrected chi connectivity index (χ2v) is 8.76. The molecule has 3 N–H and O–H groups in total. The van der Waals surface area contributed by atoms with Gasteiger partial charge in [0, 0.05) is 11.4 Å². The summed E-state index contributed by atoms with van der Waals surface area (Å²) in [6.07, 6.45) is -2.55. The van der Waals surface area contributed by atoms with Crippen LogP contribution in [-0.4, -0.2) is 49.5 Å². The number of rotatable bonds is 5. The molecule has 5 rings (SSSR count). The number of para-hydroxylation sites is 1. The molecule has 2 aliphatic rings. The molecule has 1 saturated carbocycles. The molecule has 182 valence electrons. The van der Waals surface area contributed by atoms with E-state index in [4.69, 9.17) is 5.73 Å². The van der Waals surface area contributed by atoms with E-state index in [2.05, 4.69) is 15.4 Å². The van der Waals surface area contributed by atoms with Crippen molar-refractivity contribution in [2.24, 2.45) is 11.7 Å². The van der Waals surface area contributed by atoms with Gasteiger partial charge < -0.3 is 16.0 Å². The number of aromatic nitrogens is 3. The van der Waals surface area contributed by atoms with Crippen LogP contribution in [0.3, 0.4) is 0 Å². The molecule has 35 heavy (non-hydrogen) atoms. The zero-order chi connectivity index (χ0) is 24.9. The first kappa shape index (κ1) is 22.8. The van der Waals surface area contributed by atoms with Gasteiger partial charge in [0.05, 0.1) is 5.52 Å². The van der Waals surface area contributed by atoms with Gasteiger partial charge in [-0.05, 0) is 43.4 Å². The molecule has 3 amide bonds. The van der Waals surface area contributed by atoms with Gasteiger partial charge in [-0.2, -0.15) is 18.3 Å². The molecule has 2 aromatic heterocycles. The molecule has 9 nitrogen and oxygen atoms in total. The van der Waals surface area contributed by atoms with Crippen molar-refractivity contribution in [3.63, 3.8) is 0 Å². The van der Waals surface area contributed by atoms with E-state index >= 15 is 0 Å². The number of carbonyl (C=O) groups excluding carboxylic acids is 3. The summed E-state index contributed by atoms with van der Waals surface area (Å²) in [5.41, 5.74) is 4.90. The van der Waals surface area contributed by atoms with Crippen LogP contribution in [0.1, 0.15) is 35.4 Å². The number of anilines is 1. The Morgan fingerprint density at radius 2 is 1.86 bits per heavy atom. The predicted octanol–water partition coefficient (Wildman–Crippen LogP) is 2.57. The molecule has 0 radical (unpaired) electrons. The maximum Gasteiger partial charge on any atom is 0.433 e. The summed E-state index contributed by atoms with van der Waals surface area (Å²) in [6.45, 7) is -0.220. The maximum absolute atomic E-state index is 13.4. The number of pyridine rings is 1. The molecular formula is C23H21F3N6O3. The predicted molar refractivity (Wildman–Crippen MR) is 118 cm³/mol. The average molecular weight is 486 g/mol. The fourth-order valence-corrected chi connectivity index (χ4v) is 5.19. The van der Waals surface area contributed by atoms with Crippen LogP contribution in [0.25, 0.3) is 10.9 Å². The van der Waals surface area contributed by atoms with Gasteiger partial charge in [-0.1, -0.05) is 24.3 Å². The number of primary amides is 1. The summed E-state index contributed by atoms with van der Waals surface area (Å²) in [5, 5.41) is 7.18. The standard InChI is InChI=1S/C23H21F3N6O3/c24-23(25,26)16-6-3-7-17(28-16)29-22(35)20-12-8-9-13(10-12)32(20)18(33)11-31-15-5-2-1-4-14(15)19(30-31)21(27)34/h1-7,12-13,20H,8-11H2,(H2,27,34)(H,28,29,35)/t12-,13+,20-/m0/s1. The Labute approximate surface area is 197 Å². The lowest BCUT2D eigenvalue weighted by molar-refractivity contribution is -0.141. The molecule has 1 saturated heterocycles. The van der Waals surface area contributed by atoms with Crippen LogP contribution in [0.15, 0.2) is 42.5 Å². The highest BCUT2D eigenvalue weighted by Crippen LogP contribution is 2.43. The minimum atomic E-state index is -4.65. The van der Waals surface area contributed by atoms with Gasteiger partial charge in [0.1, 0.15) is 24.1 Å². The van der Waals surface area contributed by atoms with E-state index in [0.29, 0.717) is 17.3 Å². The quantitative estimate of drug-likeness (QED) is 0.574. The molecule has 2 bridgehead atoms. The van der Waals surface area contributed by atoms with Crippen LogP contribution in [0.4, 0.5) is 19.0 Å². The van der Waals surface area contributed by atoms with E-state index in [1.807, 2.05) is 0 Å². The number of amides is 3. The van der Waals surface area contributed by atoms with E-state index in [-0.39, 0.29) is 35.9 Å². The highest BCUT2D eigenvalue weighted by Gasteiger charge is 2.51. The van der Waals surface area contributed by atoms with Crippen molar-refractivity contribution in [2.75, 3.05) is 5.32 Å². The van der Waals surface area contributed by atoms with Crippen LogP contribution in [0.5, 0.6) is 0 Å². The van der Waals surface area contributed by atoms with Crippen molar-refractivity contribution in [1.29, 1.82) is 0 Å². The maximum atomic E-state index is 13.4. The van der Waals surface area contributed by atoms with E-state index in [1.165, 1.54) is 15.6 Å². The third-order valence-corrected chi connectivity index (χ3v) is 6.61. The Balaban J connectivity index is 1.39. The fourth-order valence-electron chi connectivity index (χ4n) is 5.19.